The van der Waals surface area contributed by atoms with Gasteiger partial charge in [-0.15, -0.1) is 11.3 Å². The molecule has 2 aromatic rings. The molecule has 0 aliphatic carbocycles. The van der Waals surface area contributed by atoms with Crippen LogP contribution in [-0.4, -0.2) is 18.2 Å². The van der Waals surface area contributed by atoms with Crippen molar-refractivity contribution in [2.24, 2.45) is 0 Å². The second-order valence-corrected chi connectivity index (χ2v) is 4.27. The van der Waals surface area contributed by atoms with E-state index in [1.54, 1.807) is 6.07 Å². The van der Waals surface area contributed by atoms with Crippen molar-refractivity contribution in [3.05, 3.63) is 41.0 Å². The lowest BCUT2D eigenvalue weighted by Crippen LogP contribution is -1.91. The highest BCUT2D eigenvalue weighted by Crippen LogP contribution is 2.30. The summed E-state index contributed by atoms with van der Waals surface area (Å²) in [4.78, 5) is 11.4. The van der Waals surface area contributed by atoms with Crippen LogP contribution in [0.4, 0.5) is 4.39 Å². The first-order chi connectivity index (χ1) is 8.11. The third-order valence-electron chi connectivity index (χ3n) is 2.28. The predicted octanol–water partition coefficient (Wildman–Crippen LogP) is 3.26. The van der Waals surface area contributed by atoms with Gasteiger partial charge in [-0.1, -0.05) is 0 Å². The Kier molecular flexibility index (Phi) is 3.10. The summed E-state index contributed by atoms with van der Waals surface area (Å²) in [6.07, 6.45) is 0. The average Bonchev–Trinajstić information content (AvgIpc) is 2.78. The van der Waals surface area contributed by atoms with Crippen LogP contribution in [-0.2, 0) is 0 Å². The summed E-state index contributed by atoms with van der Waals surface area (Å²) in [5, 5.41) is 10.3. The van der Waals surface area contributed by atoms with E-state index in [-0.39, 0.29) is 11.3 Å². The summed E-state index contributed by atoms with van der Waals surface area (Å²) in [7, 11) is 1.39. The van der Waals surface area contributed by atoms with Crippen molar-refractivity contribution in [2.45, 2.75) is 0 Å². The molecule has 88 valence electrons. The van der Waals surface area contributed by atoms with Gasteiger partial charge in [-0.25, -0.2) is 9.18 Å². The number of thiophene rings is 1. The van der Waals surface area contributed by atoms with Gasteiger partial charge >= 0.3 is 5.97 Å². The lowest BCUT2D eigenvalue weighted by Gasteiger charge is -2.03. The summed E-state index contributed by atoms with van der Waals surface area (Å²) in [6, 6.07) is 6.06. The smallest absolute Gasteiger partial charge is 0.336 e. The maximum Gasteiger partial charge on any atom is 0.336 e. The zero-order valence-corrected chi connectivity index (χ0v) is 9.75. The number of aromatic carboxylic acids is 1. The molecule has 5 heteroatoms. The fraction of sp³-hybridized carbons (Fsp3) is 0.0833. The van der Waals surface area contributed by atoms with Crippen molar-refractivity contribution in [2.75, 3.05) is 7.11 Å². The highest BCUT2D eigenvalue weighted by Gasteiger charge is 2.10. The molecule has 1 N–H and O–H groups in total. The van der Waals surface area contributed by atoms with Crippen molar-refractivity contribution in [1.29, 1.82) is 0 Å². The molecule has 1 aromatic heterocycles. The molecule has 0 saturated heterocycles. The Morgan fingerprint density at radius 3 is 2.71 bits per heavy atom. The minimum atomic E-state index is -0.985. The van der Waals surface area contributed by atoms with Crippen LogP contribution in [0.1, 0.15) is 10.4 Å². The topological polar surface area (TPSA) is 46.5 Å². The van der Waals surface area contributed by atoms with Crippen LogP contribution < -0.4 is 4.74 Å². The number of halogens is 1. The summed E-state index contributed by atoms with van der Waals surface area (Å²) in [5.74, 6) is -1.28. The molecule has 0 spiro atoms. The Morgan fingerprint density at radius 1 is 1.41 bits per heavy atom. The molecule has 0 saturated carbocycles. The van der Waals surface area contributed by atoms with E-state index in [4.69, 9.17) is 9.84 Å². The van der Waals surface area contributed by atoms with Gasteiger partial charge in [0.2, 0.25) is 0 Å². The number of carbonyl (C=O) groups is 1. The van der Waals surface area contributed by atoms with Crippen LogP contribution in [0, 0.1) is 5.82 Å². The molecule has 17 heavy (non-hydrogen) atoms. The molecule has 1 aromatic carbocycles. The third kappa shape index (κ3) is 2.29. The zero-order valence-electron chi connectivity index (χ0n) is 8.94. The van der Waals surface area contributed by atoms with Crippen molar-refractivity contribution in [1.82, 2.24) is 0 Å². The van der Waals surface area contributed by atoms with Gasteiger partial charge in [0.25, 0.3) is 0 Å². The Bertz CT molecular complexity index is 563. The summed E-state index contributed by atoms with van der Waals surface area (Å²) >= 11 is 1.26. The van der Waals surface area contributed by atoms with E-state index in [9.17, 15) is 9.18 Å². The van der Waals surface area contributed by atoms with Crippen LogP contribution in [0.25, 0.3) is 10.4 Å². The number of hydrogen-bond donors (Lipinski definition) is 1. The second-order valence-electron chi connectivity index (χ2n) is 3.35. The number of carboxylic acids is 1. The summed E-state index contributed by atoms with van der Waals surface area (Å²) in [6.45, 7) is 0. The van der Waals surface area contributed by atoms with E-state index in [2.05, 4.69) is 0 Å². The maximum absolute atomic E-state index is 13.5. The zero-order chi connectivity index (χ0) is 12.4. The lowest BCUT2D eigenvalue weighted by molar-refractivity contribution is 0.0697. The van der Waals surface area contributed by atoms with Gasteiger partial charge in [-0.2, -0.15) is 0 Å². The minimum absolute atomic E-state index is 0.170. The largest absolute Gasteiger partial charge is 0.494 e. The molecule has 0 amide bonds. The first-order valence-corrected chi connectivity index (χ1v) is 5.65. The van der Waals surface area contributed by atoms with Crippen molar-refractivity contribution in [3.8, 4) is 16.2 Å². The Hall–Kier alpha value is -1.88. The minimum Gasteiger partial charge on any atom is -0.494 e. The quantitative estimate of drug-likeness (QED) is 0.912. The molecule has 3 nitrogen and oxygen atoms in total. The Morgan fingerprint density at radius 2 is 2.18 bits per heavy atom. The third-order valence-corrected chi connectivity index (χ3v) is 3.26. The van der Waals surface area contributed by atoms with E-state index < -0.39 is 11.8 Å². The molecular weight excluding hydrogens is 243 g/mol. The molecule has 0 bridgehead atoms. The van der Waals surface area contributed by atoms with E-state index >= 15 is 0 Å². The highest BCUT2D eigenvalue weighted by molar-refractivity contribution is 7.13. The second kappa shape index (κ2) is 4.55. The number of methoxy groups -OCH3 is 1. The summed E-state index contributed by atoms with van der Waals surface area (Å²) in [5.41, 5.74) is 0.849. The van der Waals surface area contributed by atoms with Crippen LogP contribution >= 0.6 is 11.3 Å². The van der Waals surface area contributed by atoms with Crippen LogP contribution in [0.5, 0.6) is 5.75 Å². The lowest BCUT2D eigenvalue weighted by atomic mass is 10.1. The monoisotopic (exact) mass is 252 g/mol. The first kappa shape index (κ1) is 11.6. The number of benzene rings is 1. The normalized spacial score (nSPS) is 10.2. The van der Waals surface area contributed by atoms with Gasteiger partial charge in [-0.3, -0.25) is 0 Å². The van der Waals surface area contributed by atoms with E-state index in [0.717, 1.165) is 0 Å². The number of hydrogen-bond acceptors (Lipinski definition) is 3. The van der Waals surface area contributed by atoms with Gasteiger partial charge in [-0.05, 0) is 29.8 Å². The van der Waals surface area contributed by atoms with Gasteiger partial charge in [0, 0.05) is 10.3 Å². The van der Waals surface area contributed by atoms with E-state index in [0.29, 0.717) is 10.4 Å². The van der Waals surface area contributed by atoms with E-state index in [1.807, 2.05) is 0 Å². The molecule has 1 heterocycles. The molecule has 2 rings (SSSR count). The molecule has 0 aliphatic heterocycles. The Labute approximate surface area is 101 Å². The van der Waals surface area contributed by atoms with Crippen molar-refractivity contribution < 1.29 is 19.0 Å². The van der Waals surface area contributed by atoms with Gasteiger partial charge in [0.15, 0.2) is 11.6 Å². The number of carboxylic acid groups (broad SMARTS) is 1. The average molecular weight is 252 g/mol. The molecule has 0 atom stereocenters. The highest BCUT2D eigenvalue weighted by atomic mass is 32.1. The SMILES string of the molecule is COc1ccc(-c2cc(C(=O)O)cs2)cc1F. The number of rotatable bonds is 3. The van der Waals surface area contributed by atoms with Gasteiger partial charge < -0.3 is 9.84 Å². The van der Waals surface area contributed by atoms with Gasteiger partial charge in [0.05, 0.1) is 12.7 Å². The number of ether oxygens (including phenoxy) is 1. The molecule has 0 radical (unpaired) electrons. The van der Waals surface area contributed by atoms with Crippen LogP contribution in [0.15, 0.2) is 29.6 Å². The molecule has 0 unspecified atom stereocenters. The fourth-order valence-corrected chi connectivity index (χ4v) is 2.30. The molecule has 0 fully saturated rings. The van der Waals surface area contributed by atoms with Crippen LogP contribution in [0.2, 0.25) is 0 Å². The maximum atomic E-state index is 13.5. The van der Waals surface area contributed by atoms with Crippen molar-refractivity contribution in [3.63, 3.8) is 0 Å². The molecular formula is C12H9FO3S. The Balaban J connectivity index is 2.39. The molecule has 0 aliphatic rings. The van der Waals surface area contributed by atoms with Crippen LogP contribution in [0.3, 0.4) is 0 Å². The summed E-state index contributed by atoms with van der Waals surface area (Å²) < 4.78 is 18.3. The predicted molar refractivity (Wildman–Crippen MR) is 63.2 cm³/mol. The fourth-order valence-electron chi connectivity index (χ4n) is 1.42. The van der Waals surface area contributed by atoms with Gasteiger partial charge in [0.1, 0.15) is 0 Å². The first-order valence-electron chi connectivity index (χ1n) is 4.77. The van der Waals surface area contributed by atoms with E-state index in [1.165, 1.54) is 42.0 Å². The standard InChI is InChI=1S/C12H9FO3S/c1-16-10-3-2-7(4-9(10)13)11-5-8(6-17-11)12(14)15/h2-6H,1H3,(H,14,15). The van der Waals surface area contributed by atoms with Crippen molar-refractivity contribution >= 4 is 17.3 Å².